The van der Waals surface area contributed by atoms with Gasteiger partial charge in [-0.3, -0.25) is 0 Å². The molecule has 0 saturated carbocycles. The third kappa shape index (κ3) is 2.61. The molecule has 1 rings (SSSR count). The molecule has 1 aliphatic heterocycles. The Hall–Kier alpha value is 0.200. The summed E-state index contributed by atoms with van der Waals surface area (Å²) in [5.41, 5.74) is 3.11. The van der Waals surface area contributed by atoms with E-state index in [4.69, 9.17) is 12.2 Å². The Morgan fingerprint density at radius 1 is 1.42 bits per heavy atom. The predicted molar refractivity (Wildman–Crippen MR) is 59.3 cm³/mol. The molecule has 2 unspecified atom stereocenters. The van der Waals surface area contributed by atoms with Gasteiger partial charge in [-0.05, 0) is 26.7 Å². The first-order chi connectivity index (χ1) is 5.61. The number of rotatable bonds is 1. The Kier molecular flexibility index (Phi) is 3.80. The van der Waals surface area contributed by atoms with Crippen molar-refractivity contribution in [2.45, 2.75) is 45.2 Å². The van der Waals surface area contributed by atoms with Gasteiger partial charge in [0.1, 0.15) is 4.32 Å². The molecule has 0 aromatic rings. The second-order valence-corrected chi connectivity index (χ2v) is 4.61. The van der Waals surface area contributed by atoms with Crippen LogP contribution in [0.1, 0.15) is 33.1 Å². The van der Waals surface area contributed by atoms with Gasteiger partial charge in [0.05, 0.1) is 0 Å². The fourth-order valence-corrected chi connectivity index (χ4v) is 1.97. The lowest BCUT2D eigenvalue weighted by molar-refractivity contribution is 0.0763. The molecule has 0 amide bonds. The molecule has 0 aliphatic carbocycles. The van der Waals surface area contributed by atoms with E-state index in [1.807, 2.05) is 0 Å². The molecule has 1 fully saturated rings. The first kappa shape index (κ1) is 10.3. The van der Waals surface area contributed by atoms with E-state index in [-0.39, 0.29) is 0 Å². The molecule has 0 bridgehead atoms. The van der Waals surface area contributed by atoms with E-state index in [0.29, 0.717) is 16.4 Å². The molecule has 1 aliphatic rings. The van der Waals surface area contributed by atoms with Crippen LogP contribution >= 0.6 is 24.8 Å². The lowest BCUT2D eigenvalue weighted by atomic mass is 10.00. The van der Waals surface area contributed by atoms with Gasteiger partial charge in [-0.25, -0.2) is 5.01 Å². The quantitative estimate of drug-likeness (QED) is 0.502. The molecular weight excluding hydrogens is 188 g/mol. The summed E-state index contributed by atoms with van der Waals surface area (Å²) < 4.78 is 0.565. The zero-order valence-corrected chi connectivity index (χ0v) is 9.29. The van der Waals surface area contributed by atoms with Crippen LogP contribution in [0.5, 0.6) is 0 Å². The molecule has 2 atom stereocenters. The van der Waals surface area contributed by atoms with Gasteiger partial charge < -0.3 is 5.43 Å². The maximum absolute atomic E-state index is 4.89. The van der Waals surface area contributed by atoms with Crippen LogP contribution in [0.2, 0.25) is 0 Å². The minimum absolute atomic E-state index is 0.565. The Morgan fingerprint density at radius 2 is 1.92 bits per heavy atom. The summed E-state index contributed by atoms with van der Waals surface area (Å²) in [7, 11) is 0. The van der Waals surface area contributed by atoms with Crippen molar-refractivity contribution in [2.24, 2.45) is 0 Å². The van der Waals surface area contributed by atoms with Gasteiger partial charge in [-0.2, -0.15) is 0 Å². The zero-order chi connectivity index (χ0) is 9.14. The molecule has 4 heteroatoms. The summed E-state index contributed by atoms with van der Waals surface area (Å²) in [5.74, 6) is 0. The van der Waals surface area contributed by atoms with E-state index >= 15 is 0 Å². The average molecular weight is 204 g/mol. The summed E-state index contributed by atoms with van der Waals surface area (Å²) in [6, 6.07) is 1.14. The Bertz CT molecular complexity index is 162. The van der Waals surface area contributed by atoms with Crippen molar-refractivity contribution in [3.63, 3.8) is 0 Å². The van der Waals surface area contributed by atoms with Crippen molar-refractivity contribution in [1.29, 1.82) is 0 Å². The summed E-state index contributed by atoms with van der Waals surface area (Å²) in [6.45, 7) is 4.43. The molecule has 70 valence electrons. The normalized spacial score (nSPS) is 31.6. The van der Waals surface area contributed by atoms with Gasteiger partial charge in [0, 0.05) is 12.1 Å². The maximum atomic E-state index is 4.89. The first-order valence-corrected chi connectivity index (χ1v) is 5.24. The minimum Gasteiger partial charge on any atom is -0.304 e. The Morgan fingerprint density at radius 3 is 2.33 bits per heavy atom. The third-order valence-corrected chi connectivity index (χ3v) is 2.61. The van der Waals surface area contributed by atoms with Crippen LogP contribution < -0.4 is 5.43 Å². The lowest BCUT2D eigenvalue weighted by Gasteiger charge is -2.38. The molecule has 1 N–H and O–H groups in total. The second kappa shape index (κ2) is 4.44. The highest BCUT2D eigenvalue weighted by Gasteiger charge is 2.24. The van der Waals surface area contributed by atoms with Gasteiger partial charge in [0.15, 0.2) is 0 Å². The number of hydrazine groups is 1. The molecule has 0 spiro atoms. The first-order valence-electron chi connectivity index (χ1n) is 4.39. The van der Waals surface area contributed by atoms with Gasteiger partial charge >= 0.3 is 0 Å². The fraction of sp³-hybridized carbons (Fsp3) is 0.875. The third-order valence-electron chi connectivity index (χ3n) is 2.42. The standard InChI is InChI=1S/C8H16N2S2/c1-6-4-3-5-7(2)10(6)9-8(11)12/h6-7H,3-5H2,1-2H3,(H2,9,11,12). The highest BCUT2D eigenvalue weighted by Crippen LogP contribution is 2.20. The monoisotopic (exact) mass is 204 g/mol. The van der Waals surface area contributed by atoms with Crippen LogP contribution in [0, 0.1) is 0 Å². The number of thiol groups is 1. The molecule has 0 aromatic carbocycles. The highest BCUT2D eigenvalue weighted by molar-refractivity contribution is 8.11. The molecule has 0 aromatic heterocycles. The number of hydrogen-bond donors (Lipinski definition) is 2. The van der Waals surface area contributed by atoms with Crippen molar-refractivity contribution in [3.8, 4) is 0 Å². The van der Waals surface area contributed by atoms with Gasteiger partial charge in [0.2, 0.25) is 0 Å². The van der Waals surface area contributed by atoms with E-state index < -0.39 is 0 Å². The van der Waals surface area contributed by atoms with Crippen LogP contribution in [0.4, 0.5) is 0 Å². The summed E-state index contributed by atoms with van der Waals surface area (Å²) in [6.07, 6.45) is 3.81. The van der Waals surface area contributed by atoms with Crippen LogP contribution in [0.3, 0.4) is 0 Å². The van der Waals surface area contributed by atoms with Gasteiger partial charge in [-0.1, -0.05) is 18.6 Å². The van der Waals surface area contributed by atoms with Crippen molar-refractivity contribution < 1.29 is 0 Å². The lowest BCUT2D eigenvalue weighted by Crippen LogP contribution is -2.52. The van der Waals surface area contributed by atoms with Crippen molar-refractivity contribution in [2.75, 3.05) is 0 Å². The van der Waals surface area contributed by atoms with Crippen LogP contribution in [-0.4, -0.2) is 21.4 Å². The van der Waals surface area contributed by atoms with Crippen molar-refractivity contribution >= 4 is 29.2 Å². The van der Waals surface area contributed by atoms with E-state index in [1.54, 1.807) is 0 Å². The summed E-state index contributed by atoms with van der Waals surface area (Å²) in [4.78, 5) is 0. The highest BCUT2D eigenvalue weighted by atomic mass is 32.1. The van der Waals surface area contributed by atoms with Crippen LogP contribution in [-0.2, 0) is 0 Å². The smallest absolute Gasteiger partial charge is 0.145 e. The number of nitrogens with one attached hydrogen (secondary N) is 1. The van der Waals surface area contributed by atoms with E-state index in [1.165, 1.54) is 19.3 Å². The minimum atomic E-state index is 0.565. The van der Waals surface area contributed by atoms with E-state index in [2.05, 4.69) is 36.9 Å². The van der Waals surface area contributed by atoms with Gasteiger partial charge in [0.25, 0.3) is 0 Å². The Labute approximate surface area is 85.1 Å². The van der Waals surface area contributed by atoms with E-state index in [9.17, 15) is 0 Å². The Balaban J connectivity index is 2.50. The largest absolute Gasteiger partial charge is 0.304 e. The molecule has 2 nitrogen and oxygen atoms in total. The SMILES string of the molecule is CC1CCCC(C)N1NC(=S)S. The van der Waals surface area contributed by atoms with Crippen molar-refractivity contribution in [1.82, 2.24) is 10.4 Å². The van der Waals surface area contributed by atoms with Crippen molar-refractivity contribution in [3.05, 3.63) is 0 Å². The van der Waals surface area contributed by atoms with Gasteiger partial charge in [-0.15, -0.1) is 12.6 Å². The molecule has 1 saturated heterocycles. The summed E-state index contributed by atoms with van der Waals surface area (Å²) >= 11 is 8.96. The molecule has 12 heavy (non-hydrogen) atoms. The second-order valence-electron chi connectivity index (χ2n) is 3.45. The summed E-state index contributed by atoms with van der Waals surface area (Å²) in [5, 5.41) is 2.21. The van der Waals surface area contributed by atoms with Crippen LogP contribution in [0.15, 0.2) is 0 Å². The van der Waals surface area contributed by atoms with Crippen LogP contribution in [0.25, 0.3) is 0 Å². The number of piperidine rings is 1. The average Bonchev–Trinajstić information content (AvgIpc) is 1.97. The molecule has 0 radical (unpaired) electrons. The molecule has 1 heterocycles. The predicted octanol–water partition coefficient (Wildman–Crippen LogP) is 1.97. The fourth-order valence-electron chi connectivity index (χ4n) is 1.75. The van der Waals surface area contributed by atoms with E-state index in [0.717, 1.165) is 0 Å². The number of nitrogens with zero attached hydrogens (tertiary/aromatic N) is 1. The number of hydrogen-bond acceptors (Lipinski definition) is 2. The number of thiocarbonyl (C=S) groups is 1. The zero-order valence-electron chi connectivity index (χ0n) is 7.58. The molecular formula is C8H16N2S2. The maximum Gasteiger partial charge on any atom is 0.145 e. The topological polar surface area (TPSA) is 15.3 Å².